The van der Waals surface area contributed by atoms with Gasteiger partial charge >= 0.3 is 0 Å². The second kappa shape index (κ2) is 3.75. The van der Waals surface area contributed by atoms with Crippen molar-refractivity contribution in [2.45, 2.75) is 13.3 Å². The Morgan fingerprint density at radius 2 is 2.23 bits per heavy atom. The summed E-state index contributed by atoms with van der Waals surface area (Å²) in [5, 5.41) is 0. The van der Waals surface area contributed by atoms with E-state index in [1.54, 1.807) is 0 Å². The van der Waals surface area contributed by atoms with Crippen LogP contribution in [0.3, 0.4) is 0 Å². The molecule has 5 N–H and O–H groups in total. The van der Waals surface area contributed by atoms with Gasteiger partial charge in [0.15, 0.2) is 0 Å². The highest BCUT2D eigenvalue weighted by atomic mass is 16.1. The number of nitrogens with zero attached hydrogens (tertiary/aromatic N) is 1. The van der Waals surface area contributed by atoms with Crippen LogP contribution in [0.2, 0.25) is 0 Å². The fourth-order valence-corrected chi connectivity index (χ4v) is 0.966. The Morgan fingerprint density at radius 3 is 2.77 bits per heavy atom. The molecule has 1 aromatic heterocycles. The Labute approximate surface area is 75.5 Å². The first kappa shape index (κ1) is 9.31. The number of nitrogen functional groups attached to an aromatic ring is 2. The van der Waals surface area contributed by atoms with Gasteiger partial charge in [0.1, 0.15) is 5.82 Å². The van der Waals surface area contributed by atoms with Gasteiger partial charge < -0.3 is 11.5 Å². The first-order valence-corrected chi connectivity index (χ1v) is 3.90. The lowest BCUT2D eigenvalue weighted by molar-refractivity contribution is 1.06. The van der Waals surface area contributed by atoms with Crippen LogP contribution in [0.1, 0.15) is 12.5 Å². The zero-order valence-corrected chi connectivity index (χ0v) is 7.37. The smallest absolute Gasteiger partial charge is 0.257 e. The lowest BCUT2D eigenvalue weighted by Crippen LogP contribution is -2.18. The van der Waals surface area contributed by atoms with Gasteiger partial charge in [0, 0.05) is 0 Å². The summed E-state index contributed by atoms with van der Waals surface area (Å²) in [6, 6.07) is 0. The van der Waals surface area contributed by atoms with Crippen LogP contribution in [0.15, 0.2) is 16.9 Å². The number of anilines is 2. The number of H-pyrrole nitrogens is 1. The summed E-state index contributed by atoms with van der Waals surface area (Å²) in [7, 11) is 0. The quantitative estimate of drug-likeness (QED) is 0.560. The Hall–Kier alpha value is -1.78. The highest BCUT2D eigenvalue weighted by molar-refractivity contribution is 5.42. The Balaban J connectivity index is 3.13. The van der Waals surface area contributed by atoms with E-state index in [1.807, 2.05) is 19.1 Å². The second-order valence-corrected chi connectivity index (χ2v) is 2.59. The maximum Gasteiger partial charge on any atom is 0.257 e. The van der Waals surface area contributed by atoms with E-state index >= 15 is 0 Å². The number of allylic oxidation sites excluding steroid dienone is 2. The molecule has 5 heteroatoms. The van der Waals surface area contributed by atoms with E-state index in [-0.39, 0.29) is 17.3 Å². The Morgan fingerprint density at radius 1 is 1.54 bits per heavy atom. The predicted octanol–water partition coefficient (Wildman–Crippen LogP) is 0.0529. The van der Waals surface area contributed by atoms with Crippen LogP contribution in [-0.4, -0.2) is 9.97 Å². The first-order valence-electron chi connectivity index (χ1n) is 3.90. The zero-order valence-electron chi connectivity index (χ0n) is 7.37. The topological polar surface area (TPSA) is 97.8 Å². The minimum Gasteiger partial charge on any atom is -0.383 e. The van der Waals surface area contributed by atoms with E-state index in [0.29, 0.717) is 12.0 Å². The molecule has 5 nitrogen and oxygen atoms in total. The molecule has 0 spiro atoms. The fraction of sp³-hybridized carbons (Fsp3) is 0.250. The minimum absolute atomic E-state index is 0.0479. The number of nitrogens with two attached hydrogens (primary N) is 2. The van der Waals surface area contributed by atoms with E-state index in [4.69, 9.17) is 11.5 Å². The summed E-state index contributed by atoms with van der Waals surface area (Å²) in [5.41, 5.74) is 11.0. The highest BCUT2D eigenvalue weighted by Crippen LogP contribution is 2.04. The molecule has 0 amide bonds. The predicted molar refractivity (Wildman–Crippen MR) is 52.2 cm³/mol. The molecule has 1 heterocycles. The van der Waals surface area contributed by atoms with Gasteiger partial charge in [-0.05, 0) is 13.3 Å². The van der Waals surface area contributed by atoms with E-state index in [2.05, 4.69) is 9.97 Å². The van der Waals surface area contributed by atoms with Crippen LogP contribution in [0.4, 0.5) is 11.8 Å². The number of hydrogen-bond acceptors (Lipinski definition) is 4. The van der Waals surface area contributed by atoms with Crippen LogP contribution < -0.4 is 17.0 Å². The summed E-state index contributed by atoms with van der Waals surface area (Å²) in [6.45, 7) is 1.87. The summed E-state index contributed by atoms with van der Waals surface area (Å²) >= 11 is 0. The van der Waals surface area contributed by atoms with Crippen molar-refractivity contribution in [1.82, 2.24) is 9.97 Å². The van der Waals surface area contributed by atoms with E-state index in [0.717, 1.165) is 0 Å². The van der Waals surface area contributed by atoms with Crippen molar-refractivity contribution in [1.29, 1.82) is 0 Å². The van der Waals surface area contributed by atoms with Gasteiger partial charge in [-0.15, -0.1) is 0 Å². The standard InChI is InChI=1S/C8H12N4O/c1-2-3-4-5-6(9)11-8(10)12-7(5)13/h2-3H,4H2,1H3,(H5,9,10,11,12,13)/b3-2+. The zero-order chi connectivity index (χ0) is 9.84. The van der Waals surface area contributed by atoms with Gasteiger partial charge in [-0.25, -0.2) is 0 Å². The largest absolute Gasteiger partial charge is 0.383 e. The van der Waals surface area contributed by atoms with Crippen LogP contribution in [-0.2, 0) is 6.42 Å². The lowest BCUT2D eigenvalue weighted by Gasteiger charge is -2.00. The van der Waals surface area contributed by atoms with Crippen molar-refractivity contribution >= 4 is 11.8 Å². The molecule has 0 unspecified atom stereocenters. The second-order valence-electron chi connectivity index (χ2n) is 2.59. The molecule has 0 saturated carbocycles. The van der Waals surface area contributed by atoms with E-state index in [1.165, 1.54) is 0 Å². The summed E-state index contributed by atoms with van der Waals surface area (Å²) in [4.78, 5) is 17.4. The lowest BCUT2D eigenvalue weighted by atomic mass is 10.2. The van der Waals surface area contributed by atoms with Crippen molar-refractivity contribution < 1.29 is 0 Å². The highest BCUT2D eigenvalue weighted by Gasteiger charge is 2.04. The third-order valence-electron chi connectivity index (χ3n) is 1.62. The molecular weight excluding hydrogens is 168 g/mol. The molecule has 13 heavy (non-hydrogen) atoms. The molecular formula is C8H12N4O. The fourth-order valence-electron chi connectivity index (χ4n) is 0.966. The van der Waals surface area contributed by atoms with Crippen molar-refractivity contribution in [2.24, 2.45) is 0 Å². The van der Waals surface area contributed by atoms with Crippen molar-refractivity contribution in [3.05, 3.63) is 28.1 Å². The molecule has 70 valence electrons. The molecule has 0 aliphatic carbocycles. The first-order chi connectivity index (χ1) is 6.15. The summed E-state index contributed by atoms with van der Waals surface area (Å²) in [5.74, 6) is 0.242. The number of hydrogen-bond donors (Lipinski definition) is 3. The molecule has 0 aliphatic rings. The van der Waals surface area contributed by atoms with Gasteiger partial charge in [-0.1, -0.05) is 12.2 Å². The van der Waals surface area contributed by atoms with Gasteiger partial charge in [-0.2, -0.15) is 4.98 Å². The molecule has 0 aliphatic heterocycles. The molecule has 0 saturated heterocycles. The number of rotatable bonds is 2. The molecule has 1 aromatic rings. The average Bonchev–Trinajstić information content (AvgIpc) is 2.02. The SMILES string of the molecule is C/C=C/Cc1c(N)nc(N)[nH]c1=O. The van der Waals surface area contributed by atoms with Gasteiger partial charge in [0.2, 0.25) is 5.95 Å². The maximum atomic E-state index is 11.3. The van der Waals surface area contributed by atoms with Crippen LogP contribution >= 0.6 is 0 Å². The normalized spacial score (nSPS) is 10.8. The maximum absolute atomic E-state index is 11.3. The molecule has 0 atom stereocenters. The van der Waals surface area contributed by atoms with Crippen LogP contribution in [0.25, 0.3) is 0 Å². The number of aromatic nitrogens is 2. The molecule has 1 rings (SSSR count). The molecule has 0 bridgehead atoms. The van der Waals surface area contributed by atoms with Gasteiger partial charge in [0.05, 0.1) is 5.56 Å². The summed E-state index contributed by atoms with van der Waals surface area (Å²) < 4.78 is 0. The van der Waals surface area contributed by atoms with Gasteiger partial charge in [0.25, 0.3) is 5.56 Å². The van der Waals surface area contributed by atoms with Gasteiger partial charge in [-0.3, -0.25) is 9.78 Å². The monoisotopic (exact) mass is 180 g/mol. The van der Waals surface area contributed by atoms with E-state index in [9.17, 15) is 4.79 Å². The Kier molecular flexibility index (Phi) is 2.69. The third-order valence-corrected chi connectivity index (χ3v) is 1.62. The molecule has 0 fully saturated rings. The number of aromatic amines is 1. The van der Waals surface area contributed by atoms with Crippen molar-refractivity contribution in [3.63, 3.8) is 0 Å². The molecule has 0 radical (unpaired) electrons. The Bertz CT molecular complexity index is 380. The number of nitrogens with one attached hydrogen (secondary N) is 1. The summed E-state index contributed by atoms with van der Waals surface area (Å²) in [6.07, 6.45) is 4.15. The van der Waals surface area contributed by atoms with Crippen molar-refractivity contribution in [3.8, 4) is 0 Å². The third kappa shape index (κ3) is 2.08. The minimum atomic E-state index is -0.275. The van der Waals surface area contributed by atoms with Crippen molar-refractivity contribution in [2.75, 3.05) is 11.5 Å². The average molecular weight is 180 g/mol. The van der Waals surface area contributed by atoms with E-state index < -0.39 is 0 Å². The van der Waals surface area contributed by atoms with Crippen LogP contribution in [0.5, 0.6) is 0 Å². The molecule has 0 aromatic carbocycles. The van der Waals surface area contributed by atoms with Crippen LogP contribution in [0, 0.1) is 0 Å².